The summed E-state index contributed by atoms with van der Waals surface area (Å²) in [5.74, 6) is 2.36. The highest BCUT2D eigenvalue weighted by Gasteiger charge is 2.21. The molecule has 3 rings (SSSR count). The van der Waals surface area contributed by atoms with Crippen molar-refractivity contribution in [1.82, 2.24) is 14.8 Å². The Balaban J connectivity index is 1.71. The summed E-state index contributed by atoms with van der Waals surface area (Å²) < 4.78 is 2.12. The summed E-state index contributed by atoms with van der Waals surface area (Å²) in [6.45, 7) is 6.44. The number of hydrogen-bond donors (Lipinski definition) is 1. The fourth-order valence-corrected chi connectivity index (χ4v) is 2.67. The fourth-order valence-electron chi connectivity index (χ4n) is 2.67. The molecule has 2 aromatic heterocycles. The second-order valence-electron chi connectivity index (χ2n) is 5.99. The van der Waals surface area contributed by atoms with Crippen molar-refractivity contribution < 1.29 is 0 Å². The zero-order valence-electron chi connectivity index (χ0n) is 12.2. The van der Waals surface area contributed by atoms with E-state index in [2.05, 4.69) is 47.0 Å². The second kappa shape index (κ2) is 5.65. The van der Waals surface area contributed by atoms with Gasteiger partial charge in [0.1, 0.15) is 5.82 Å². The van der Waals surface area contributed by atoms with Crippen molar-refractivity contribution in [2.75, 3.05) is 11.9 Å². The summed E-state index contributed by atoms with van der Waals surface area (Å²) in [6.07, 6.45) is 5.99. The summed E-state index contributed by atoms with van der Waals surface area (Å²) in [5.41, 5.74) is 2.54. The molecule has 1 unspecified atom stereocenters. The highest BCUT2D eigenvalue weighted by Crippen LogP contribution is 2.26. The van der Waals surface area contributed by atoms with Crippen LogP contribution in [-0.2, 0) is 13.0 Å². The van der Waals surface area contributed by atoms with E-state index in [4.69, 9.17) is 5.10 Å². The van der Waals surface area contributed by atoms with Crippen LogP contribution in [-0.4, -0.2) is 21.3 Å². The van der Waals surface area contributed by atoms with Crippen molar-refractivity contribution in [1.29, 1.82) is 0 Å². The number of rotatable bonds is 4. The predicted molar refractivity (Wildman–Crippen MR) is 80.9 cm³/mol. The zero-order chi connectivity index (χ0) is 13.9. The Kier molecular flexibility index (Phi) is 3.72. The third-order valence-corrected chi connectivity index (χ3v) is 3.91. The first-order valence-corrected chi connectivity index (χ1v) is 7.43. The topological polar surface area (TPSA) is 42.7 Å². The summed E-state index contributed by atoms with van der Waals surface area (Å²) in [6, 6.07) is 6.40. The molecule has 1 atom stereocenters. The molecular weight excluding hydrogens is 248 g/mol. The molecule has 3 heterocycles. The number of hydrogen-bond acceptors (Lipinski definition) is 3. The Morgan fingerprint density at radius 2 is 2.15 bits per heavy atom. The molecule has 1 N–H and O–H groups in total. The molecule has 20 heavy (non-hydrogen) atoms. The van der Waals surface area contributed by atoms with Crippen LogP contribution in [0.15, 0.2) is 30.6 Å². The molecular formula is C16H22N4. The lowest BCUT2D eigenvalue weighted by molar-refractivity contribution is 0.497. The highest BCUT2D eigenvalue weighted by molar-refractivity contribution is 5.40. The van der Waals surface area contributed by atoms with Gasteiger partial charge in [0.2, 0.25) is 0 Å². The van der Waals surface area contributed by atoms with Crippen LogP contribution in [0.25, 0.3) is 0 Å². The lowest BCUT2D eigenvalue weighted by Gasteiger charge is -2.25. The molecule has 0 bridgehead atoms. The highest BCUT2D eigenvalue weighted by atomic mass is 15.3. The number of aryl methyl sites for hydroxylation is 1. The van der Waals surface area contributed by atoms with Gasteiger partial charge in [-0.3, -0.25) is 4.98 Å². The van der Waals surface area contributed by atoms with Crippen molar-refractivity contribution in [2.24, 2.45) is 5.92 Å². The van der Waals surface area contributed by atoms with E-state index in [1.165, 1.54) is 17.7 Å². The molecule has 0 saturated heterocycles. The van der Waals surface area contributed by atoms with Gasteiger partial charge >= 0.3 is 0 Å². The number of nitrogens with one attached hydrogen (secondary N) is 1. The van der Waals surface area contributed by atoms with Crippen LogP contribution in [0.2, 0.25) is 0 Å². The van der Waals surface area contributed by atoms with Crippen LogP contribution in [0.5, 0.6) is 0 Å². The molecule has 4 heteroatoms. The summed E-state index contributed by atoms with van der Waals surface area (Å²) in [4.78, 5) is 4.09. The van der Waals surface area contributed by atoms with E-state index in [1.807, 2.05) is 12.4 Å². The maximum absolute atomic E-state index is 4.74. The predicted octanol–water partition coefficient (Wildman–Crippen LogP) is 3.08. The van der Waals surface area contributed by atoms with E-state index < -0.39 is 0 Å². The maximum atomic E-state index is 4.74. The summed E-state index contributed by atoms with van der Waals surface area (Å²) in [7, 11) is 0. The molecule has 0 amide bonds. The summed E-state index contributed by atoms with van der Waals surface area (Å²) >= 11 is 0. The Hall–Kier alpha value is -1.84. The first kappa shape index (κ1) is 13.2. The Morgan fingerprint density at radius 3 is 2.90 bits per heavy atom. The zero-order valence-corrected chi connectivity index (χ0v) is 12.2. The fraction of sp³-hybridized carbons (Fsp3) is 0.500. The molecule has 1 aliphatic heterocycles. The number of pyridine rings is 1. The standard InChI is InChI=1S/C16H22N4/c1-12(2)3-4-15-9-16-18-10-14(11-20(16)19-15)13-5-7-17-8-6-13/h5-9,12,14,18H,3-4,10-11H2,1-2H3. The van der Waals surface area contributed by atoms with Crippen molar-refractivity contribution in [3.8, 4) is 0 Å². The average molecular weight is 270 g/mol. The van der Waals surface area contributed by atoms with Crippen LogP contribution in [0, 0.1) is 5.92 Å². The monoisotopic (exact) mass is 270 g/mol. The minimum atomic E-state index is 0.475. The number of fused-ring (bicyclic) bond motifs is 1. The second-order valence-corrected chi connectivity index (χ2v) is 5.99. The molecule has 0 aromatic carbocycles. The van der Waals surface area contributed by atoms with E-state index in [0.29, 0.717) is 5.92 Å². The molecule has 0 aliphatic carbocycles. The molecule has 0 spiro atoms. The van der Waals surface area contributed by atoms with Gasteiger partial charge in [-0.1, -0.05) is 13.8 Å². The first-order valence-electron chi connectivity index (χ1n) is 7.43. The van der Waals surface area contributed by atoms with Crippen LogP contribution in [0.4, 0.5) is 5.82 Å². The normalized spacial score (nSPS) is 17.9. The minimum Gasteiger partial charge on any atom is -0.370 e. The Bertz CT molecular complexity index is 559. The molecule has 0 radical (unpaired) electrons. The lowest BCUT2D eigenvalue weighted by Crippen LogP contribution is -2.26. The van der Waals surface area contributed by atoms with E-state index >= 15 is 0 Å². The van der Waals surface area contributed by atoms with Gasteiger partial charge in [0.15, 0.2) is 0 Å². The third-order valence-electron chi connectivity index (χ3n) is 3.91. The van der Waals surface area contributed by atoms with Gasteiger partial charge in [0.25, 0.3) is 0 Å². The molecule has 4 nitrogen and oxygen atoms in total. The van der Waals surface area contributed by atoms with Crippen molar-refractivity contribution in [3.63, 3.8) is 0 Å². The van der Waals surface area contributed by atoms with E-state index in [9.17, 15) is 0 Å². The van der Waals surface area contributed by atoms with Crippen molar-refractivity contribution in [2.45, 2.75) is 39.2 Å². The van der Waals surface area contributed by atoms with Crippen LogP contribution in [0.1, 0.15) is 37.4 Å². The molecule has 106 valence electrons. The van der Waals surface area contributed by atoms with Gasteiger partial charge in [0.05, 0.1) is 12.2 Å². The minimum absolute atomic E-state index is 0.475. The summed E-state index contributed by atoms with van der Waals surface area (Å²) in [5, 5.41) is 8.24. The SMILES string of the molecule is CC(C)CCc1cc2n(n1)CC(c1ccncc1)CN2. The average Bonchev–Trinajstić information content (AvgIpc) is 2.88. The Morgan fingerprint density at radius 1 is 1.35 bits per heavy atom. The Labute approximate surface area is 120 Å². The van der Waals surface area contributed by atoms with Gasteiger partial charge in [-0.25, -0.2) is 4.68 Å². The first-order chi connectivity index (χ1) is 9.72. The molecule has 0 saturated carbocycles. The molecule has 1 aliphatic rings. The number of aromatic nitrogens is 3. The van der Waals surface area contributed by atoms with Crippen LogP contribution >= 0.6 is 0 Å². The van der Waals surface area contributed by atoms with Crippen LogP contribution < -0.4 is 5.32 Å². The van der Waals surface area contributed by atoms with E-state index in [0.717, 1.165) is 31.2 Å². The maximum Gasteiger partial charge on any atom is 0.124 e. The van der Waals surface area contributed by atoms with Gasteiger partial charge in [-0.05, 0) is 36.5 Å². The molecule has 2 aromatic rings. The van der Waals surface area contributed by atoms with Crippen molar-refractivity contribution >= 4 is 5.82 Å². The number of nitrogens with zero attached hydrogens (tertiary/aromatic N) is 3. The lowest BCUT2D eigenvalue weighted by atomic mass is 9.99. The van der Waals surface area contributed by atoms with Gasteiger partial charge in [-0.2, -0.15) is 5.10 Å². The van der Waals surface area contributed by atoms with E-state index in [1.54, 1.807) is 0 Å². The van der Waals surface area contributed by atoms with Gasteiger partial charge in [0, 0.05) is 30.9 Å². The quantitative estimate of drug-likeness (QED) is 0.928. The smallest absolute Gasteiger partial charge is 0.124 e. The van der Waals surface area contributed by atoms with Gasteiger partial charge < -0.3 is 5.32 Å². The largest absolute Gasteiger partial charge is 0.370 e. The number of anilines is 1. The van der Waals surface area contributed by atoms with Gasteiger partial charge in [-0.15, -0.1) is 0 Å². The third kappa shape index (κ3) is 2.84. The van der Waals surface area contributed by atoms with Crippen LogP contribution in [0.3, 0.4) is 0 Å². The van der Waals surface area contributed by atoms with E-state index in [-0.39, 0.29) is 0 Å². The van der Waals surface area contributed by atoms with Crippen molar-refractivity contribution in [3.05, 3.63) is 41.9 Å². The molecule has 0 fully saturated rings.